The Balaban J connectivity index is 2.48. The molecule has 136 valence electrons. The van der Waals surface area contributed by atoms with Gasteiger partial charge in [0, 0.05) is 5.69 Å². The minimum Gasteiger partial charge on any atom is -0.459 e. The third-order valence-corrected chi connectivity index (χ3v) is 3.07. The van der Waals surface area contributed by atoms with E-state index in [4.69, 9.17) is 0 Å². The molecule has 1 aromatic heterocycles. The van der Waals surface area contributed by atoms with Crippen LogP contribution >= 0.6 is 0 Å². The molecule has 0 spiro atoms. The summed E-state index contributed by atoms with van der Waals surface area (Å²) in [6.45, 7) is 0. The van der Waals surface area contributed by atoms with Crippen LogP contribution in [0.25, 0.3) is 0 Å². The van der Waals surface area contributed by atoms with Crippen molar-refractivity contribution in [2.24, 2.45) is 0 Å². The lowest BCUT2D eigenvalue weighted by molar-refractivity contribution is -0.294. The summed E-state index contributed by atoms with van der Waals surface area (Å²) in [6.07, 6.45) is -11.1. The largest absolute Gasteiger partial charge is 0.459 e. The van der Waals surface area contributed by atoms with Crippen molar-refractivity contribution in [2.45, 2.75) is 18.0 Å². The van der Waals surface area contributed by atoms with Crippen molar-refractivity contribution in [1.82, 2.24) is 5.32 Å². The lowest BCUT2D eigenvalue weighted by Crippen LogP contribution is -2.72. The Morgan fingerprint density at radius 1 is 0.920 bits per heavy atom. The zero-order chi connectivity index (χ0) is 18.9. The molecule has 0 aliphatic rings. The predicted octanol–water partition coefficient (Wildman–Crippen LogP) is 4.08. The van der Waals surface area contributed by atoms with Gasteiger partial charge in [-0.05, 0) is 36.4 Å². The minimum absolute atomic E-state index is 0.661. The molecular formula is C14H9F7N2O2. The van der Waals surface area contributed by atoms with Crippen LogP contribution in [0.1, 0.15) is 10.6 Å². The maximum absolute atomic E-state index is 13.3. The third-order valence-electron chi connectivity index (χ3n) is 3.07. The first kappa shape index (κ1) is 18.6. The average molecular weight is 370 g/mol. The predicted molar refractivity (Wildman–Crippen MR) is 71.0 cm³/mol. The number of carbonyl (C=O) groups excluding carboxylic acids is 1. The summed E-state index contributed by atoms with van der Waals surface area (Å²) in [5.41, 5.74) is -5.53. The smallest absolute Gasteiger partial charge is 0.439 e. The Labute approximate surface area is 135 Å². The number of nitrogens with one attached hydrogen (secondary N) is 2. The highest BCUT2D eigenvalue weighted by atomic mass is 19.4. The summed E-state index contributed by atoms with van der Waals surface area (Å²) in [5.74, 6) is -3.36. The molecule has 0 saturated carbocycles. The summed E-state index contributed by atoms with van der Waals surface area (Å²) in [6, 6.07) is 4.67. The van der Waals surface area contributed by atoms with E-state index in [1.54, 1.807) is 0 Å². The number of alkyl halides is 6. The molecule has 0 bridgehead atoms. The highest BCUT2D eigenvalue weighted by molar-refractivity contribution is 5.92. The quantitative estimate of drug-likeness (QED) is 0.630. The number of carbonyl (C=O) groups is 1. The van der Waals surface area contributed by atoms with Gasteiger partial charge in [-0.2, -0.15) is 26.3 Å². The molecule has 4 nitrogen and oxygen atoms in total. The van der Waals surface area contributed by atoms with Gasteiger partial charge in [0.2, 0.25) is 0 Å². The summed E-state index contributed by atoms with van der Waals surface area (Å²) < 4.78 is 97.4. The zero-order valence-corrected chi connectivity index (χ0v) is 12.0. The fourth-order valence-corrected chi connectivity index (χ4v) is 1.86. The van der Waals surface area contributed by atoms with E-state index < -0.39 is 41.2 Å². The second-order valence-corrected chi connectivity index (χ2v) is 4.81. The molecule has 2 aromatic rings. The number of benzene rings is 1. The number of hydrogen-bond acceptors (Lipinski definition) is 3. The molecular weight excluding hydrogens is 361 g/mol. The average Bonchev–Trinajstić information content (AvgIpc) is 3.00. The maximum atomic E-state index is 13.3. The first-order valence-corrected chi connectivity index (χ1v) is 6.49. The van der Waals surface area contributed by atoms with Crippen LogP contribution in [0.15, 0.2) is 47.1 Å². The molecule has 1 heterocycles. The van der Waals surface area contributed by atoms with Crippen LogP contribution in [-0.4, -0.2) is 23.9 Å². The van der Waals surface area contributed by atoms with Gasteiger partial charge >= 0.3 is 18.0 Å². The van der Waals surface area contributed by atoms with Crippen molar-refractivity contribution in [3.63, 3.8) is 0 Å². The van der Waals surface area contributed by atoms with Crippen molar-refractivity contribution in [2.75, 3.05) is 5.32 Å². The van der Waals surface area contributed by atoms with Gasteiger partial charge in [0.1, 0.15) is 5.82 Å². The van der Waals surface area contributed by atoms with Crippen LogP contribution in [-0.2, 0) is 0 Å². The van der Waals surface area contributed by atoms with E-state index in [0.717, 1.165) is 23.7 Å². The number of amides is 1. The van der Waals surface area contributed by atoms with Crippen molar-refractivity contribution in [3.05, 3.63) is 54.2 Å². The van der Waals surface area contributed by atoms with Crippen LogP contribution in [0, 0.1) is 5.82 Å². The fraction of sp³-hybridized carbons (Fsp3) is 0.214. The Kier molecular flexibility index (Phi) is 4.69. The molecule has 0 aliphatic heterocycles. The SMILES string of the molecule is O=C(NC(Nc1ccc(F)cc1)(C(F)(F)F)C(F)(F)F)c1ccco1. The van der Waals surface area contributed by atoms with Crippen molar-refractivity contribution >= 4 is 11.6 Å². The van der Waals surface area contributed by atoms with Crippen LogP contribution in [0.4, 0.5) is 36.4 Å². The van der Waals surface area contributed by atoms with Gasteiger partial charge in [0.25, 0.3) is 5.91 Å². The van der Waals surface area contributed by atoms with Gasteiger partial charge in [0.05, 0.1) is 6.26 Å². The molecule has 1 amide bonds. The topological polar surface area (TPSA) is 54.3 Å². The number of rotatable bonds is 4. The molecule has 0 fully saturated rings. The summed E-state index contributed by atoms with van der Waals surface area (Å²) in [7, 11) is 0. The first-order chi connectivity index (χ1) is 11.5. The number of hydrogen-bond donors (Lipinski definition) is 2. The van der Waals surface area contributed by atoms with E-state index >= 15 is 0 Å². The standard InChI is InChI=1S/C14H9F7N2O2/c15-8-3-5-9(6-4-8)22-12(13(16,17)18,14(19,20)21)23-11(24)10-2-1-7-25-10/h1-7,22H,(H,23,24). The molecule has 0 radical (unpaired) electrons. The summed E-state index contributed by atoms with van der Waals surface area (Å²) in [5, 5.41) is 2.09. The lowest BCUT2D eigenvalue weighted by Gasteiger charge is -2.38. The second kappa shape index (κ2) is 6.30. The Bertz CT molecular complexity index is 707. The van der Waals surface area contributed by atoms with E-state index in [9.17, 15) is 35.5 Å². The highest BCUT2D eigenvalue weighted by Crippen LogP contribution is 2.43. The Morgan fingerprint density at radius 2 is 1.48 bits per heavy atom. The normalized spacial score (nSPS) is 12.8. The Morgan fingerprint density at radius 3 is 1.92 bits per heavy atom. The van der Waals surface area contributed by atoms with E-state index in [1.807, 2.05) is 0 Å². The second-order valence-electron chi connectivity index (χ2n) is 4.81. The van der Waals surface area contributed by atoms with Crippen molar-refractivity contribution in [3.8, 4) is 0 Å². The molecule has 11 heteroatoms. The van der Waals surface area contributed by atoms with Crippen molar-refractivity contribution < 1.29 is 39.9 Å². The van der Waals surface area contributed by atoms with Gasteiger partial charge < -0.3 is 15.1 Å². The third kappa shape index (κ3) is 3.69. The molecule has 0 saturated heterocycles. The van der Waals surface area contributed by atoms with E-state index in [-0.39, 0.29) is 0 Å². The molecule has 1 aromatic carbocycles. The highest BCUT2D eigenvalue weighted by Gasteiger charge is 2.72. The minimum atomic E-state index is -5.98. The van der Waals surface area contributed by atoms with Gasteiger partial charge in [-0.3, -0.25) is 4.79 Å². The van der Waals surface area contributed by atoms with E-state index in [1.165, 1.54) is 5.32 Å². The molecule has 0 aliphatic carbocycles. The number of furan rings is 1. The van der Waals surface area contributed by atoms with Gasteiger partial charge in [-0.15, -0.1) is 0 Å². The van der Waals surface area contributed by atoms with Gasteiger partial charge in [0.15, 0.2) is 5.76 Å². The molecule has 2 N–H and O–H groups in total. The van der Waals surface area contributed by atoms with Gasteiger partial charge in [-0.25, -0.2) is 4.39 Å². The van der Waals surface area contributed by atoms with E-state index in [0.29, 0.717) is 24.3 Å². The van der Waals surface area contributed by atoms with Crippen molar-refractivity contribution in [1.29, 1.82) is 0 Å². The van der Waals surface area contributed by atoms with Crippen LogP contribution in [0.5, 0.6) is 0 Å². The van der Waals surface area contributed by atoms with Crippen LogP contribution in [0.2, 0.25) is 0 Å². The number of halogens is 7. The van der Waals surface area contributed by atoms with Crippen LogP contribution in [0.3, 0.4) is 0 Å². The molecule has 25 heavy (non-hydrogen) atoms. The maximum Gasteiger partial charge on any atom is 0.439 e. The van der Waals surface area contributed by atoms with Crippen LogP contribution < -0.4 is 10.6 Å². The number of anilines is 1. The first-order valence-electron chi connectivity index (χ1n) is 6.49. The summed E-state index contributed by atoms with van der Waals surface area (Å²) >= 11 is 0. The molecule has 0 unspecified atom stereocenters. The Hall–Kier alpha value is -2.72. The monoisotopic (exact) mass is 370 g/mol. The fourth-order valence-electron chi connectivity index (χ4n) is 1.86. The molecule has 0 atom stereocenters. The zero-order valence-electron chi connectivity index (χ0n) is 12.0. The summed E-state index contributed by atoms with van der Waals surface area (Å²) in [4.78, 5) is 11.8. The lowest BCUT2D eigenvalue weighted by atomic mass is 10.1. The van der Waals surface area contributed by atoms with Gasteiger partial charge in [-0.1, -0.05) is 0 Å². The van der Waals surface area contributed by atoms with E-state index in [2.05, 4.69) is 4.42 Å². The molecule has 2 rings (SSSR count).